The molecular formula is C23H26N4O3. The van der Waals surface area contributed by atoms with Gasteiger partial charge in [-0.25, -0.2) is 0 Å². The molecule has 2 heterocycles. The van der Waals surface area contributed by atoms with E-state index in [-0.39, 0.29) is 17.5 Å². The molecule has 2 amide bonds. The molecule has 1 fully saturated rings. The Morgan fingerprint density at radius 3 is 2.47 bits per heavy atom. The van der Waals surface area contributed by atoms with Crippen molar-refractivity contribution in [3.63, 3.8) is 0 Å². The van der Waals surface area contributed by atoms with Crippen molar-refractivity contribution in [1.82, 2.24) is 15.1 Å². The minimum Gasteiger partial charge on any atom is -0.459 e. The van der Waals surface area contributed by atoms with Crippen molar-refractivity contribution in [2.75, 3.05) is 26.2 Å². The first-order valence-electron chi connectivity index (χ1n) is 10.1. The van der Waals surface area contributed by atoms with E-state index in [2.05, 4.69) is 12.2 Å². The van der Waals surface area contributed by atoms with E-state index in [1.54, 1.807) is 23.2 Å². The summed E-state index contributed by atoms with van der Waals surface area (Å²) in [6.07, 6.45) is 4.02. The highest BCUT2D eigenvalue weighted by atomic mass is 16.3. The molecular weight excluding hydrogens is 380 g/mol. The molecule has 1 saturated heterocycles. The third-order valence-corrected chi connectivity index (χ3v) is 5.25. The Morgan fingerprint density at radius 2 is 1.90 bits per heavy atom. The zero-order chi connectivity index (χ0) is 21.5. The highest BCUT2D eigenvalue weighted by Gasteiger charge is 2.23. The van der Waals surface area contributed by atoms with Crippen LogP contribution in [-0.2, 0) is 11.2 Å². The van der Waals surface area contributed by atoms with Gasteiger partial charge in [0.25, 0.3) is 11.8 Å². The molecule has 7 heteroatoms. The van der Waals surface area contributed by atoms with Crippen LogP contribution in [0.15, 0.2) is 58.9 Å². The Balaban J connectivity index is 1.56. The topological polar surface area (TPSA) is 89.6 Å². The minimum absolute atomic E-state index is 0.0536. The smallest absolute Gasteiger partial charge is 0.289 e. The third kappa shape index (κ3) is 5.09. The van der Waals surface area contributed by atoms with Crippen molar-refractivity contribution < 1.29 is 14.0 Å². The zero-order valence-electron chi connectivity index (χ0n) is 17.3. The average molecular weight is 406 g/mol. The maximum Gasteiger partial charge on any atom is 0.289 e. The van der Waals surface area contributed by atoms with Gasteiger partial charge >= 0.3 is 0 Å². The zero-order valence-corrected chi connectivity index (χ0v) is 17.3. The number of nitrogens with zero attached hydrogens (tertiary/aromatic N) is 3. The quantitative estimate of drug-likeness (QED) is 0.589. The standard InChI is InChI=1S/C23H26N4O3/c1-3-18-6-8-19(9-7-18)17(2)25-22(28)20(15-24)16-26-10-12-27(13-11-26)23(29)21-5-4-14-30-21/h4-9,14,16-17H,3,10-13H2,1-2H3,(H,25,28)/b20-16-. The number of rotatable bonds is 6. The summed E-state index contributed by atoms with van der Waals surface area (Å²) >= 11 is 0. The largest absolute Gasteiger partial charge is 0.459 e. The Hall–Kier alpha value is -3.53. The molecule has 1 aliphatic rings. The second-order valence-corrected chi connectivity index (χ2v) is 7.25. The van der Waals surface area contributed by atoms with Gasteiger partial charge in [0, 0.05) is 32.4 Å². The van der Waals surface area contributed by atoms with Gasteiger partial charge in [0.2, 0.25) is 0 Å². The van der Waals surface area contributed by atoms with E-state index in [0.29, 0.717) is 31.9 Å². The van der Waals surface area contributed by atoms with Gasteiger partial charge in [0.15, 0.2) is 5.76 Å². The number of piperazine rings is 1. The Kier molecular flexibility index (Phi) is 6.91. The summed E-state index contributed by atoms with van der Waals surface area (Å²) < 4.78 is 5.16. The number of amides is 2. The maximum absolute atomic E-state index is 12.6. The first-order chi connectivity index (χ1) is 14.5. The predicted octanol–water partition coefficient (Wildman–Crippen LogP) is 2.88. The fraction of sp³-hybridized carbons (Fsp3) is 0.348. The molecule has 1 unspecified atom stereocenters. The molecule has 0 bridgehead atoms. The summed E-state index contributed by atoms with van der Waals surface area (Å²) in [5.74, 6) is -0.236. The van der Waals surface area contributed by atoms with Crippen LogP contribution in [0.3, 0.4) is 0 Å². The number of nitriles is 1. The Bertz CT molecular complexity index is 934. The lowest BCUT2D eigenvalue weighted by Gasteiger charge is -2.33. The van der Waals surface area contributed by atoms with Crippen LogP contribution in [0.25, 0.3) is 0 Å². The van der Waals surface area contributed by atoms with E-state index in [9.17, 15) is 14.9 Å². The second kappa shape index (κ2) is 9.79. The number of hydrogen-bond donors (Lipinski definition) is 1. The van der Waals surface area contributed by atoms with E-state index in [1.165, 1.54) is 11.8 Å². The van der Waals surface area contributed by atoms with Crippen molar-refractivity contribution in [3.05, 3.63) is 71.3 Å². The van der Waals surface area contributed by atoms with Gasteiger partial charge in [-0.3, -0.25) is 9.59 Å². The summed E-state index contributed by atoms with van der Waals surface area (Å²) in [6, 6.07) is 13.2. The van der Waals surface area contributed by atoms with Crippen LogP contribution in [0.5, 0.6) is 0 Å². The summed E-state index contributed by atoms with van der Waals surface area (Å²) in [5.41, 5.74) is 2.28. The van der Waals surface area contributed by atoms with E-state index in [1.807, 2.05) is 42.2 Å². The molecule has 0 saturated carbocycles. The normalized spacial score (nSPS) is 15.4. The summed E-state index contributed by atoms with van der Waals surface area (Å²) in [7, 11) is 0. The van der Waals surface area contributed by atoms with Crippen LogP contribution in [-0.4, -0.2) is 47.8 Å². The van der Waals surface area contributed by atoms with Crippen LogP contribution < -0.4 is 5.32 Å². The number of benzene rings is 1. The lowest BCUT2D eigenvalue weighted by Crippen LogP contribution is -2.47. The number of aryl methyl sites for hydroxylation is 1. The Morgan fingerprint density at radius 1 is 1.20 bits per heavy atom. The van der Waals surface area contributed by atoms with Gasteiger partial charge < -0.3 is 19.5 Å². The van der Waals surface area contributed by atoms with E-state index >= 15 is 0 Å². The molecule has 156 valence electrons. The molecule has 1 aromatic heterocycles. The maximum atomic E-state index is 12.6. The number of carbonyl (C=O) groups is 2. The number of carbonyl (C=O) groups excluding carboxylic acids is 2. The van der Waals surface area contributed by atoms with Crippen LogP contribution in [0.1, 0.15) is 41.6 Å². The molecule has 1 aliphatic heterocycles. The molecule has 7 nitrogen and oxygen atoms in total. The average Bonchev–Trinajstić information content (AvgIpc) is 3.32. The van der Waals surface area contributed by atoms with Gasteiger partial charge in [-0.2, -0.15) is 5.26 Å². The van der Waals surface area contributed by atoms with Gasteiger partial charge in [-0.15, -0.1) is 0 Å². The van der Waals surface area contributed by atoms with Gasteiger partial charge in [-0.05, 0) is 36.6 Å². The lowest BCUT2D eigenvalue weighted by molar-refractivity contribution is -0.117. The molecule has 30 heavy (non-hydrogen) atoms. The van der Waals surface area contributed by atoms with Crippen LogP contribution in [0, 0.1) is 11.3 Å². The highest BCUT2D eigenvalue weighted by molar-refractivity contribution is 5.97. The van der Waals surface area contributed by atoms with Crippen molar-refractivity contribution in [1.29, 1.82) is 5.26 Å². The van der Waals surface area contributed by atoms with Gasteiger partial charge in [0.1, 0.15) is 11.6 Å². The minimum atomic E-state index is -0.404. The molecule has 1 N–H and O–H groups in total. The van der Waals surface area contributed by atoms with Crippen molar-refractivity contribution >= 4 is 11.8 Å². The van der Waals surface area contributed by atoms with E-state index in [4.69, 9.17) is 4.42 Å². The summed E-state index contributed by atoms with van der Waals surface area (Å²) in [5, 5.41) is 12.3. The first-order valence-corrected chi connectivity index (χ1v) is 10.1. The van der Waals surface area contributed by atoms with Crippen LogP contribution in [0.4, 0.5) is 0 Å². The van der Waals surface area contributed by atoms with Crippen LogP contribution >= 0.6 is 0 Å². The van der Waals surface area contributed by atoms with Crippen molar-refractivity contribution in [2.24, 2.45) is 0 Å². The van der Waals surface area contributed by atoms with Crippen LogP contribution in [0.2, 0.25) is 0 Å². The number of nitrogens with one attached hydrogen (secondary N) is 1. The fourth-order valence-corrected chi connectivity index (χ4v) is 3.33. The lowest BCUT2D eigenvalue weighted by atomic mass is 10.0. The molecule has 1 atom stereocenters. The van der Waals surface area contributed by atoms with Crippen molar-refractivity contribution in [3.8, 4) is 6.07 Å². The molecule has 0 radical (unpaired) electrons. The Labute approximate surface area is 176 Å². The monoisotopic (exact) mass is 406 g/mol. The summed E-state index contributed by atoms with van der Waals surface area (Å²) in [4.78, 5) is 28.5. The molecule has 0 spiro atoms. The highest BCUT2D eigenvalue weighted by Crippen LogP contribution is 2.15. The number of furan rings is 1. The number of hydrogen-bond acceptors (Lipinski definition) is 5. The SMILES string of the molecule is CCc1ccc(C(C)NC(=O)/C(C#N)=C\N2CCN(C(=O)c3ccco3)CC2)cc1. The first kappa shape index (κ1) is 21.2. The third-order valence-electron chi connectivity index (χ3n) is 5.25. The fourth-order valence-electron chi connectivity index (χ4n) is 3.33. The van der Waals surface area contributed by atoms with E-state index in [0.717, 1.165) is 12.0 Å². The van der Waals surface area contributed by atoms with Gasteiger partial charge in [0.05, 0.1) is 12.3 Å². The molecule has 3 rings (SSSR count). The second-order valence-electron chi connectivity index (χ2n) is 7.25. The predicted molar refractivity (Wildman–Crippen MR) is 112 cm³/mol. The van der Waals surface area contributed by atoms with Gasteiger partial charge in [-0.1, -0.05) is 31.2 Å². The molecule has 0 aliphatic carbocycles. The summed E-state index contributed by atoms with van der Waals surface area (Å²) in [6.45, 7) is 6.06. The molecule has 2 aromatic rings. The van der Waals surface area contributed by atoms with Crippen molar-refractivity contribution in [2.45, 2.75) is 26.3 Å². The van der Waals surface area contributed by atoms with E-state index < -0.39 is 5.91 Å². The molecule has 1 aromatic carbocycles.